The molecular weight excluding hydrogens is 461 g/mol. The predicted octanol–water partition coefficient (Wildman–Crippen LogP) is 1.42. The average Bonchev–Trinajstić information content (AvgIpc) is 2.82. The highest BCUT2D eigenvalue weighted by molar-refractivity contribution is 7.89. The Kier molecular flexibility index (Phi) is 6.33. The maximum atomic E-state index is 13.4. The molecule has 0 unspecified atom stereocenters. The van der Waals surface area contributed by atoms with Gasteiger partial charge in [0.1, 0.15) is 19.0 Å². The molecule has 0 atom stereocenters. The molecule has 1 amide bonds. The second kappa shape index (κ2) is 9.19. The molecule has 0 N–H and O–H groups in total. The number of amides is 1. The molecular formula is C20H20FN3O8S. The molecule has 13 heteroatoms. The molecule has 0 aromatic heterocycles. The largest absolute Gasteiger partial charge is 0.486 e. The van der Waals surface area contributed by atoms with Gasteiger partial charge in [0.2, 0.25) is 15.8 Å². The van der Waals surface area contributed by atoms with E-state index in [-0.39, 0.29) is 36.8 Å². The molecule has 2 aromatic rings. The van der Waals surface area contributed by atoms with Gasteiger partial charge in [-0.05, 0) is 18.2 Å². The maximum Gasteiger partial charge on any atom is 0.311 e. The number of hydrogen-bond acceptors (Lipinski definition) is 8. The van der Waals surface area contributed by atoms with Gasteiger partial charge in [0.25, 0.3) is 5.91 Å². The number of nitro groups is 1. The summed E-state index contributed by atoms with van der Waals surface area (Å²) >= 11 is 0. The lowest BCUT2D eigenvalue weighted by atomic mass is 10.3. The zero-order chi connectivity index (χ0) is 23.6. The van der Waals surface area contributed by atoms with Crippen molar-refractivity contribution in [3.8, 4) is 17.2 Å². The fourth-order valence-electron chi connectivity index (χ4n) is 3.50. The lowest BCUT2D eigenvalue weighted by molar-refractivity contribution is -0.385. The second-order valence-electron chi connectivity index (χ2n) is 7.25. The number of carbonyl (C=O) groups excluding carboxylic acids is 1. The van der Waals surface area contributed by atoms with Gasteiger partial charge in [0.15, 0.2) is 18.1 Å². The van der Waals surface area contributed by atoms with Gasteiger partial charge in [-0.25, -0.2) is 12.8 Å². The summed E-state index contributed by atoms with van der Waals surface area (Å²) in [5.41, 5.74) is -0.459. The van der Waals surface area contributed by atoms with Crippen molar-refractivity contribution in [1.29, 1.82) is 0 Å². The fourth-order valence-corrected chi connectivity index (χ4v) is 4.93. The third-order valence-electron chi connectivity index (χ3n) is 5.21. The second-order valence-corrected chi connectivity index (χ2v) is 9.19. The van der Waals surface area contributed by atoms with E-state index in [2.05, 4.69) is 0 Å². The molecule has 0 saturated carbocycles. The van der Waals surface area contributed by atoms with Gasteiger partial charge < -0.3 is 19.1 Å². The van der Waals surface area contributed by atoms with Crippen molar-refractivity contribution in [2.24, 2.45) is 0 Å². The quantitative estimate of drug-likeness (QED) is 0.448. The highest BCUT2D eigenvalue weighted by Crippen LogP contribution is 2.33. The van der Waals surface area contributed by atoms with Crippen molar-refractivity contribution in [1.82, 2.24) is 9.21 Å². The Bertz CT molecular complexity index is 1180. The Labute approximate surface area is 188 Å². The summed E-state index contributed by atoms with van der Waals surface area (Å²) < 4.78 is 56.7. The number of halogens is 1. The van der Waals surface area contributed by atoms with E-state index in [1.165, 1.54) is 21.3 Å². The Morgan fingerprint density at radius 2 is 1.76 bits per heavy atom. The van der Waals surface area contributed by atoms with Gasteiger partial charge in [0.05, 0.1) is 9.82 Å². The van der Waals surface area contributed by atoms with Crippen LogP contribution in [0.25, 0.3) is 0 Å². The molecule has 33 heavy (non-hydrogen) atoms. The summed E-state index contributed by atoms with van der Waals surface area (Å²) in [6.07, 6.45) is 0. The van der Waals surface area contributed by atoms with Crippen molar-refractivity contribution >= 4 is 21.6 Å². The summed E-state index contributed by atoms with van der Waals surface area (Å²) in [6, 6.07) is 7.12. The monoisotopic (exact) mass is 481 g/mol. The third-order valence-corrected chi connectivity index (χ3v) is 7.11. The minimum absolute atomic E-state index is 0.0582. The lowest BCUT2D eigenvalue weighted by Gasteiger charge is -2.34. The highest BCUT2D eigenvalue weighted by Gasteiger charge is 2.31. The van der Waals surface area contributed by atoms with Gasteiger partial charge in [0, 0.05) is 44.4 Å². The number of carbonyl (C=O) groups is 1. The molecule has 0 radical (unpaired) electrons. The van der Waals surface area contributed by atoms with Crippen LogP contribution in [-0.2, 0) is 14.8 Å². The van der Waals surface area contributed by atoms with E-state index in [0.717, 1.165) is 18.2 Å². The van der Waals surface area contributed by atoms with Crippen LogP contribution in [0.2, 0.25) is 0 Å². The molecule has 2 aliphatic rings. The van der Waals surface area contributed by atoms with Crippen LogP contribution in [0.5, 0.6) is 17.2 Å². The van der Waals surface area contributed by atoms with Crippen LogP contribution in [0.1, 0.15) is 0 Å². The first-order valence-corrected chi connectivity index (χ1v) is 11.4. The van der Waals surface area contributed by atoms with E-state index in [0.29, 0.717) is 24.7 Å². The van der Waals surface area contributed by atoms with Crippen LogP contribution >= 0.6 is 0 Å². The molecule has 1 saturated heterocycles. The van der Waals surface area contributed by atoms with Crippen LogP contribution in [0.3, 0.4) is 0 Å². The Hall–Kier alpha value is -3.45. The zero-order valence-corrected chi connectivity index (χ0v) is 18.1. The number of benzene rings is 2. The van der Waals surface area contributed by atoms with Crippen molar-refractivity contribution in [3.63, 3.8) is 0 Å². The molecule has 2 aliphatic heterocycles. The van der Waals surface area contributed by atoms with Crippen molar-refractivity contribution in [3.05, 3.63) is 52.3 Å². The van der Waals surface area contributed by atoms with E-state index in [1.807, 2.05) is 0 Å². The summed E-state index contributed by atoms with van der Waals surface area (Å²) in [4.78, 5) is 24.2. The molecule has 0 aliphatic carbocycles. The van der Waals surface area contributed by atoms with Gasteiger partial charge in [-0.15, -0.1) is 0 Å². The molecule has 2 heterocycles. The molecule has 11 nitrogen and oxygen atoms in total. The number of hydrogen-bond donors (Lipinski definition) is 0. The number of rotatable bonds is 6. The average molecular weight is 481 g/mol. The Morgan fingerprint density at radius 3 is 2.45 bits per heavy atom. The molecule has 2 aromatic carbocycles. The van der Waals surface area contributed by atoms with Crippen LogP contribution < -0.4 is 14.2 Å². The zero-order valence-electron chi connectivity index (χ0n) is 17.3. The van der Waals surface area contributed by atoms with Crippen molar-refractivity contribution in [2.75, 3.05) is 46.0 Å². The van der Waals surface area contributed by atoms with E-state index in [9.17, 15) is 27.7 Å². The summed E-state index contributed by atoms with van der Waals surface area (Å²) in [6.45, 7) is 0.516. The van der Waals surface area contributed by atoms with Crippen molar-refractivity contribution in [2.45, 2.75) is 4.90 Å². The smallest absolute Gasteiger partial charge is 0.311 e. The van der Waals surface area contributed by atoms with Crippen LogP contribution in [-0.4, -0.2) is 74.5 Å². The van der Waals surface area contributed by atoms with Gasteiger partial charge >= 0.3 is 5.69 Å². The molecule has 0 spiro atoms. The predicted molar refractivity (Wildman–Crippen MR) is 111 cm³/mol. The number of piperazine rings is 1. The van der Waals surface area contributed by atoms with Crippen LogP contribution in [0.15, 0.2) is 41.3 Å². The standard InChI is InChI=1S/C20H20FN3O8S/c21-14-1-3-16(24(26)27)18(11-14)32-13-20(25)22-5-7-23(8-6-22)33(28,29)15-2-4-17-19(12-15)31-10-9-30-17/h1-4,11-12H,5-10,13H2. The van der Waals surface area contributed by atoms with Crippen LogP contribution in [0, 0.1) is 15.9 Å². The topological polar surface area (TPSA) is 129 Å². The number of ether oxygens (including phenoxy) is 3. The summed E-state index contributed by atoms with van der Waals surface area (Å²) in [7, 11) is -3.81. The Morgan fingerprint density at radius 1 is 1.06 bits per heavy atom. The van der Waals surface area contributed by atoms with Crippen LogP contribution in [0.4, 0.5) is 10.1 Å². The fraction of sp³-hybridized carbons (Fsp3) is 0.350. The first-order valence-electron chi connectivity index (χ1n) is 10.00. The van der Waals surface area contributed by atoms with Gasteiger partial charge in [-0.3, -0.25) is 14.9 Å². The minimum atomic E-state index is -3.81. The van der Waals surface area contributed by atoms with Gasteiger partial charge in [-0.2, -0.15) is 4.31 Å². The Balaban J connectivity index is 1.36. The number of fused-ring (bicyclic) bond motifs is 1. The van der Waals surface area contributed by atoms with Gasteiger partial charge in [-0.1, -0.05) is 0 Å². The molecule has 4 rings (SSSR count). The first kappa shape index (κ1) is 22.7. The third kappa shape index (κ3) is 4.83. The van der Waals surface area contributed by atoms with Crippen molar-refractivity contribution < 1.29 is 36.7 Å². The number of nitrogens with zero attached hydrogens (tertiary/aromatic N) is 3. The van der Waals surface area contributed by atoms with E-state index < -0.39 is 39.0 Å². The normalized spacial score (nSPS) is 16.3. The lowest BCUT2D eigenvalue weighted by Crippen LogP contribution is -2.51. The SMILES string of the molecule is O=C(COc1cc(F)ccc1[N+](=O)[O-])N1CCN(S(=O)(=O)c2ccc3c(c2)OCCO3)CC1. The summed E-state index contributed by atoms with van der Waals surface area (Å²) in [5.74, 6) is -0.743. The number of sulfonamides is 1. The molecule has 176 valence electrons. The first-order chi connectivity index (χ1) is 15.8. The molecule has 1 fully saturated rings. The maximum absolute atomic E-state index is 13.4. The molecule has 0 bridgehead atoms. The van der Waals surface area contributed by atoms with E-state index in [1.54, 1.807) is 6.07 Å². The minimum Gasteiger partial charge on any atom is -0.486 e. The van der Waals surface area contributed by atoms with E-state index >= 15 is 0 Å². The number of nitro benzene ring substituents is 1. The van der Waals surface area contributed by atoms with E-state index in [4.69, 9.17) is 14.2 Å². The summed E-state index contributed by atoms with van der Waals surface area (Å²) in [5, 5.41) is 11.0. The highest BCUT2D eigenvalue weighted by atomic mass is 32.2.